The summed E-state index contributed by atoms with van der Waals surface area (Å²) in [5, 5.41) is 0. The molecule has 1 aromatic heterocycles. The second kappa shape index (κ2) is 6.35. The molecule has 23 heavy (non-hydrogen) atoms. The van der Waals surface area contributed by atoms with Gasteiger partial charge < -0.3 is 20.0 Å². The number of hydrogen-bond donors (Lipinski definition) is 1. The zero-order chi connectivity index (χ0) is 16.6. The van der Waals surface area contributed by atoms with Gasteiger partial charge >= 0.3 is 0 Å². The van der Waals surface area contributed by atoms with Gasteiger partial charge in [0.25, 0.3) is 5.91 Å². The Morgan fingerprint density at radius 3 is 2.65 bits per heavy atom. The van der Waals surface area contributed by atoms with Gasteiger partial charge in [-0.15, -0.1) is 0 Å². The first-order valence-electron chi connectivity index (χ1n) is 8.35. The molecule has 1 aliphatic heterocycles. The Labute approximate surface area is 136 Å². The Kier molecular flexibility index (Phi) is 4.43. The Bertz CT molecular complexity index is 623. The third-order valence-electron chi connectivity index (χ3n) is 4.98. The minimum Gasteiger partial charge on any atom is -0.465 e. The van der Waals surface area contributed by atoms with E-state index in [2.05, 4.69) is 4.90 Å². The molecule has 1 saturated heterocycles. The van der Waals surface area contributed by atoms with E-state index >= 15 is 0 Å². The van der Waals surface area contributed by atoms with Crippen LogP contribution in [0.25, 0.3) is 0 Å². The molecule has 0 spiro atoms. The van der Waals surface area contributed by atoms with E-state index in [0.717, 1.165) is 43.6 Å². The highest BCUT2D eigenvalue weighted by Crippen LogP contribution is 2.30. The van der Waals surface area contributed by atoms with Crippen molar-refractivity contribution in [1.29, 1.82) is 0 Å². The summed E-state index contributed by atoms with van der Waals surface area (Å²) in [5.74, 6) is 0.985. The lowest BCUT2D eigenvalue weighted by atomic mass is 9.94. The van der Waals surface area contributed by atoms with Crippen molar-refractivity contribution in [1.82, 2.24) is 9.80 Å². The Morgan fingerprint density at radius 1 is 1.17 bits per heavy atom. The van der Waals surface area contributed by atoms with Gasteiger partial charge in [-0.05, 0) is 33.2 Å². The molecule has 126 valence electrons. The number of hydrogen-bond acceptors (Lipinski definition) is 4. The number of nitrogens with two attached hydrogens (primary N) is 1. The summed E-state index contributed by atoms with van der Waals surface area (Å²) < 4.78 is 5.83. The maximum Gasteiger partial charge on any atom is 0.257 e. The van der Waals surface area contributed by atoms with Crippen LogP contribution in [0.1, 0.15) is 40.3 Å². The van der Waals surface area contributed by atoms with Gasteiger partial charge in [0.1, 0.15) is 11.5 Å². The molecule has 2 heterocycles. The smallest absolute Gasteiger partial charge is 0.257 e. The van der Waals surface area contributed by atoms with Crippen molar-refractivity contribution in [2.24, 2.45) is 11.7 Å². The largest absolute Gasteiger partial charge is 0.465 e. The number of amides is 2. The highest BCUT2D eigenvalue weighted by atomic mass is 16.3. The number of nitrogens with zero attached hydrogens (tertiary/aromatic N) is 2. The molecule has 6 heteroatoms. The van der Waals surface area contributed by atoms with Crippen LogP contribution in [-0.2, 0) is 17.6 Å². The van der Waals surface area contributed by atoms with Crippen molar-refractivity contribution < 1.29 is 14.0 Å². The molecule has 0 unspecified atom stereocenters. The van der Waals surface area contributed by atoms with E-state index in [1.54, 1.807) is 4.90 Å². The quantitative estimate of drug-likeness (QED) is 0.880. The predicted molar refractivity (Wildman–Crippen MR) is 86.2 cm³/mol. The third-order valence-corrected chi connectivity index (χ3v) is 4.98. The van der Waals surface area contributed by atoms with Crippen LogP contribution in [0.5, 0.6) is 0 Å². The molecule has 1 fully saturated rings. The predicted octanol–water partition coefficient (Wildman–Crippen LogP) is 0.956. The molecule has 3 rings (SSSR count). The van der Waals surface area contributed by atoms with E-state index < -0.39 is 0 Å². The van der Waals surface area contributed by atoms with Crippen molar-refractivity contribution in [3.8, 4) is 0 Å². The number of furan rings is 1. The van der Waals surface area contributed by atoms with Gasteiger partial charge in [0.15, 0.2) is 0 Å². The van der Waals surface area contributed by atoms with Gasteiger partial charge in [0.05, 0.1) is 11.5 Å². The molecule has 1 aromatic rings. The SMILES string of the molecule is Cc1oc2c(c1C(=O)N1CCN(C)C[C@H](C(N)=O)C1)CCCC2. The topological polar surface area (TPSA) is 79.8 Å². The van der Waals surface area contributed by atoms with Gasteiger partial charge in [-0.3, -0.25) is 9.59 Å². The van der Waals surface area contributed by atoms with Crippen LogP contribution in [-0.4, -0.2) is 54.8 Å². The van der Waals surface area contributed by atoms with Crippen LogP contribution in [0.15, 0.2) is 4.42 Å². The fourth-order valence-corrected chi connectivity index (χ4v) is 3.68. The van der Waals surface area contributed by atoms with Gasteiger partial charge in [-0.2, -0.15) is 0 Å². The van der Waals surface area contributed by atoms with Gasteiger partial charge in [0, 0.05) is 38.2 Å². The van der Waals surface area contributed by atoms with Crippen LogP contribution >= 0.6 is 0 Å². The summed E-state index contributed by atoms with van der Waals surface area (Å²) >= 11 is 0. The molecule has 2 N–H and O–H groups in total. The Hall–Kier alpha value is -1.82. The number of carbonyl (C=O) groups excluding carboxylic acids is 2. The summed E-state index contributed by atoms with van der Waals surface area (Å²) in [6.45, 7) is 4.20. The van der Waals surface area contributed by atoms with Gasteiger partial charge in [-0.1, -0.05) is 0 Å². The molecular weight excluding hydrogens is 294 g/mol. The molecule has 2 amide bonds. The summed E-state index contributed by atoms with van der Waals surface area (Å²) in [4.78, 5) is 28.5. The highest BCUT2D eigenvalue weighted by molar-refractivity contribution is 5.97. The second-order valence-electron chi connectivity index (χ2n) is 6.75. The monoisotopic (exact) mass is 319 g/mol. The van der Waals surface area contributed by atoms with E-state index in [1.165, 1.54) is 0 Å². The fraction of sp³-hybridized carbons (Fsp3) is 0.647. The average molecular weight is 319 g/mol. The summed E-state index contributed by atoms with van der Waals surface area (Å²) in [6.07, 6.45) is 4.03. The standard InChI is InChI=1S/C17H25N3O3/c1-11-15(13-5-3-4-6-14(13)23-11)17(22)20-8-7-19(2)9-12(10-20)16(18)21/h12H,3-10H2,1-2H3,(H2,18,21)/t12-/m0/s1. The zero-order valence-electron chi connectivity index (χ0n) is 13.9. The number of rotatable bonds is 2. The third kappa shape index (κ3) is 3.13. The minimum absolute atomic E-state index is 0.0176. The lowest BCUT2D eigenvalue weighted by Crippen LogP contribution is -2.40. The van der Waals surface area contributed by atoms with E-state index in [1.807, 2.05) is 14.0 Å². The minimum atomic E-state index is -0.345. The first-order chi connectivity index (χ1) is 11.0. The van der Waals surface area contributed by atoms with Crippen molar-refractivity contribution in [2.45, 2.75) is 32.6 Å². The maximum absolute atomic E-state index is 13.1. The van der Waals surface area contributed by atoms with Crippen molar-refractivity contribution in [3.63, 3.8) is 0 Å². The Balaban J connectivity index is 1.87. The van der Waals surface area contributed by atoms with E-state index in [0.29, 0.717) is 31.0 Å². The van der Waals surface area contributed by atoms with Crippen LogP contribution in [0.3, 0.4) is 0 Å². The molecule has 1 aliphatic carbocycles. The van der Waals surface area contributed by atoms with Crippen LogP contribution < -0.4 is 5.73 Å². The van der Waals surface area contributed by atoms with Crippen molar-refractivity contribution >= 4 is 11.8 Å². The fourth-order valence-electron chi connectivity index (χ4n) is 3.68. The first-order valence-corrected chi connectivity index (χ1v) is 8.35. The lowest BCUT2D eigenvalue weighted by Gasteiger charge is -2.23. The number of primary amides is 1. The molecule has 0 aromatic carbocycles. The van der Waals surface area contributed by atoms with Gasteiger partial charge in [0.2, 0.25) is 5.91 Å². The molecule has 1 atom stereocenters. The van der Waals surface area contributed by atoms with Crippen molar-refractivity contribution in [3.05, 3.63) is 22.6 Å². The molecular formula is C17H25N3O3. The molecule has 6 nitrogen and oxygen atoms in total. The van der Waals surface area contributed by atoms with E-state index in [-0.39, 0.29) is 17.7 Å². The first kappa shape index (κ1) is 16.1. The number of likely N-dealkylation sites (N-methyl/N-ethyl adjacent to an activating group) is 1. The highest BCUT2D eigenvalue weighted by Gasteiger charge is 2.32. The lowest BCUT2D eigenvalue weighted by molar-refractivity contribution is -0.122. The normalized spacial score (nSPS) is 22.5. The van der Waals surface area contributed by atoms with Crippen molar-refractivity contribution in [2.75, 3.05) is 33.2 Å². The maximum atomic E-state index is 13.1. The Morgan fingerprint density at radius 2 is 1.91 bits per heavy atom. The summed E-state index contributed by atoms with van der Waals surface area (Å²) in [6, 6.07) is 0. The average Bonchev–Trinajstić information content (AvgIpc) is 2.70. The molecule has 0 radical (unpaired) electrons. The van der Waals surface area contributed by atoms with Crippen LogP contribution in [0, 0.1) is 12.8 Å². The zero-order valence-corrected chi connectivity index (χ0v) is 13.9. The van der Waals surface area contributed by atoms with Gasteiger partial charge in [-0.25, -0.2) is 0 Å². The molecule has 0 saturated carbocycles. The summed E-state index contributed by atoms with van der Waals surface area (Å²) in [7, 11) is 1.95. The number of carbonyl (C=O) groups is 2. The number of fused-ring (bicyclic) bond motifs is 1. The van der Waals surface area contributed by atoms with E-state index in [4.69, 9.17) is 10.2 Å². The van der Waals surface area contributed by atoms with E-state index in [9.17, 15) is 9.59 Å². The second-order valence-corrected chi connectivity index (χ2v) is 6.75. The summed E-state index contributed by atoms with van der Waals surface area (Å²) in [5.41, 5.74) is 7.29. The van der Waals surface area contributed by atoms with Crippen LogP contribution in [0.4, 0.5) is 0 Å². The number of aryl methyl sites for hydroxylation is 2. The molecule has 0 bridgehead atoms. The molecule has 2 aliphatic rings. The van der Waals surface area contributed by atoms with Crippen LogP contribution in [0.2, 0.25) is 0 Å².